The number of carbonyl (C=O) groups is 1. The van der Waals surface area contributed by atoms with Crippen molar-refractivity contribution in [2.24, 2.45) is 0 Å². The number of nitrogens with one attached hydrogen (secondary N) is 2. The maximum atomic E-state index is 13.3. The number of ether oxygens (including phenoxy) is 1. The van der Waals surface area contributed by atoms with E-state index < -0.39 is 27.8 Å². The van der Waals surface area contributed by atoms with Crippen LogP contribution in [-0.4, -0.2) is 37.7 Å². The molecule has 3 N–H and O–H groups in total. The number of rotatable bonds is 10. The van der Waals surface area contributed by atoms with E-state index in [1.54, 1.807) is 56.3 Å². The van der Waals surface area contributed by atoms with E-state index in [1.165, 1.54) is 11.1 Å². The first-order valence-corrected chi connectivity index (χ1v) is 15.4. The van der Waals surface area contributed by atoms with Gasteiger partial charge in [0.2, 0.25) is 10.0 Å². The number of aryl methyl sites for hydroxylation is 2. The second-order valence-electron chi connectivity index (χ2n) is 11.1. The standard InChI is InChI=1S/C32H40N2O5S/c1-6-22-11-14-26(15-12-22)40(37,38)34-29-27-20-25(13-16-28(27)39-32(4,5)30(29)35)31(36)33-18-17-23(7-2)24-10-8-9-21(3)19-24/h8-16,19-20,23,29-30,34-35H,6-7,17-18H2,1-5H3,(H,33,36)/t23?,29-,30+/m1/s1. The molecule has 1 amide bonds. The lowest BCUT2D eigenvalue weighted by Gasteiger charge is -2.42. The summed E-state index contributed by atoms with van der Waals surface area (Å²) in [5, 5.41) is 14.2. The molecule has 1 unspecified atom stereocenters. The SMILES string of the molecule is CCc1ccc(S(=O)(=O)N[C@@H]2c3cc(C(=O)NCCC(CC)c4cccc(C)c4)ccc3OC(C)(C)[C@H]2O)cc1. The second-order valence-corrected chi connectivity index (χ2v) is 12.8. The van der Waals surface area contributed by atoms with Crippen LogP contribution in [0.25, 0.3) is 0 Å². The van der Waals surface area contributed by atoms with Crippen molar-refractivity contribution in [2.45, 2.75) is 82.4 Å². The van der Waals surface area contributed by atoms with Gasteiger partial charge in [-0.15, -0.1) is 0 Å². The van der Waals surface area contributed by atoms with Crippen LogP contribution in [0.3, 0.4) is 0 Å². The Morgan fingerprint density at radius 1 is 1.05 bits per heavy atom. The van der Waals surface area contributed by atoms with Crippen LogP contribution in [0.4, 0.5) is 0 Å². The minimum atomic E-state index is -3.97. The minimum absolute atomic E-state index is 0.107. The summed E-state index contributed by atoms with van der Waals surface area (Å²) in [5.41, 5.74) is 3.23. The molecule has 214 valence electrons. The third-order valence-corrected chi connectivity index (χ3v) is 9.17. The van der Waals surface area contributed by atoms with Crippen LogP contribution in [0.1, 0.15) is 85.1 Å². The van der Waals surface area contributed by atoms with Gasteiger partial charge < -0.3 is 15.2 Å². The van der Waals surface area contributed by atoms with Crippen LogP contribution in [-0.2, 0) is 16.4 Å². The van der Waals surface area contributed by atoms with Crippen molar-refractivity contribution < 1.29 is 23.1 Å². The fourth-order valence-corrected chi connectivity index (χ4v) is 6.42. The van der Waals surface area contributed by atoms with E-state index in [4.69, 9.17) is 4.74 Å². The topological polar surface area (TPSA) is 105 Å². The molecule has 0 radical (unpaired) electrons. The summed E-state index contributed by atoms with van der Waals surface area (Å²) in [6.45, 7) is 10.1. The van der Waals surface area contributed by atoms with Crippen LogP contribution in [0.2, 0.25) is 0 Å². The largest absolute Gasteiger partial charge is 0.485 e. The average Bonchev–Trinajstić information content (AvgIpc) is 2.93. The molecule has 3 aromatic carbocycles. The zero-order chi connectivity index (χ0) is 29.1. The van der Waals surface area contributed by atoms with Gasteiger partial charge in [0, 0.05) is 17.7 Å². The summed E-state index contributed by atoms with van der Waals surface area (Å²) >= 11 is 0. The lowest BCUT2D eigenvalue weighted by Crippen LogP contribution is -2.53. The number of sulfonamides is 1. The number of fused-ring (bicyclic) bond motifs is 1. The maximum Gasteiger partial charge on any atom is 0.251 e. The van der Waals surface area contributed by atoms with Crippen molar-refractivity contribution in [1.82, 2.24) is 10.0 Å². The molecule has 3 aromatic rings. The predicted octanol–water partition coefficient (Wildman–Crippen LogP) is 5.42. The number of aliphatic hydroxyl groups is 1. The monoisotopic (exact) mass is 564 g/mol. The van der Waals surface area contributed by atoms with Gasteiger partial charge >= 0.3 is 0 Å². The lowest BCUT2D eigenvalue weighted by molar-refractivity contribution is -0.0603. The summed E-state index contributed by atoms with van der Waals surface area (Å²) in [6, 6.07) is 19.0. The lowest BCUT2D eigenvalue weighted by atomic mass is 9.86. The van der Waals surface area contributed by atoms with Crippen LogP contribution < -0.4 is 14.8 Å². The van der Waals surface area contributed by atoms with Crippen molar-refractivity contribution in [3.05, 3.63) is 94.5 Å². The fraction of sp³-hybridized carbons (Fsp3) is 0.406. The highest BCUT2D eigenvalue weighted by Gasteiger charge is 2.44. The van der Waals surface area contributed by atoms with E-state index >= 15 is 0 Å². The molecule has 40 heavy (non-hydrogen) atoms. The summed E-state index contributed by atoms with van der Waals surface area (Å²) in [5.74, 6) is 0.490. The molecule has 1 aliphatic heterocycles. The first kappa shape index (κ1) is 29.8. The Bertz CT molecular complexity index is 1450. The maximum absolute atomic E-state index is 13.3. The third-order valence-electron chi connectivity index (χ3n) is 7.72. The highest BCUT2D eigenvalue weighted by Crippen LogP contribution is 2.41. The molecule has 0 bridgehead atoms. The van der Waals surface area contributed by atoms with Gasteiger partial charge in [-0.05, 0) is 87.4 Å². The Labute approximate surface area is 238 Å². The highest BCUT2D eigenvalue weighted by atomic mass is 32.2. The molecule has 1 aliphatic rings. The van der Waals surface area contributed by atoms with E-state index in [0.29, 0.717) is 29.3 Å². The Morgan fingerprint density at radius 2 is 1.77 bits per heavy atom. The van der Waals surface area contributed by atoms with Gasteiger partial charge in [-0.3, -0.25) is 4.79 Å². The zero-order valence-corrected chi connectivity index (χ0v) is 24.7. The van der Waals surface area contributed by atoms with Crippen molar-refractivity contribution in [2.75, 3.05) is 6.54 Å². The molecule has 1 heterocycles. The molecule has 7 nitrogen and oxygen atoms in total. The van der Waals surface area contributed by atoms with E-state index in [-0.39, 0.29) is 10.8 Å². The number of hydrogen-bond acceptors (Lipinski definition) is 5. The van der Waals surface area contributed by atoms with Crippen LogP contribution >= 0.6 is 0 Å². The van der Waals surface area contributed by atoms with Crippen LogP contribution in [0.5, 0.6) is 5.75 Å². The Hall–Kier alpha value is -3.20. The van der Waals surface area contributed by atoms with E-state index in [0.717, 1.165) is 24.8 Å². The number of amides is 1. The molecule has 8 heteroatoms. The van der Waals surface area contributed by atoms with Gasteiger partial charge in [0.25, 0.3) is 5.91 Å². The molecule has 0 spiro atoms. The first-order valence-electron chi connectivity index (χ1n) is 13.9. The number of hydrogen-bond donors (Lipinski definition) is 3. The van der Waals surface area contributed by atoms with Gasteiger partial charge in [0.15, 0.2) is 0 Å². The molecular weight excluding hydrogens is 524 g/mol. The molecule has 0 aromatic heterocycles. The Balaban J connectivity index is 1.53. The quantitative estimate of drug-likeness (QED) is 0.305. The van der Waals surface area contributed by atoms with Gasteiger partial charge in [-0.25, -0.2) is 13.1 Å². The van der Waals surface area contributed by atoms with Gasteiger partial charge in [-0.1, -0.05) is 55.8 Å². The second kappa shape index (κ2) is 12.1. The number of carbonyl (C=O) groups excluding carboxylic acids is 1. The van der Waals surface area contributed by atoms with Crippen LogP contribution in [0, 0.1) is 6.92 Å². The Kier molecular flexibility index (Phi) is 9.02. The van der Waals surface area contributed by atoms with Gasteiger partial charge in [0.05, 0.1) is 10.9 Å². The summed E-state index contributed by atoms with van der Waals surface area (Å²) in [7, 11) is -3.97. The smallest absolute Gasteiger partial charge is 0.251 e. The highest BCUT2D eigenvalue weighted by molar-refractivity contribution is 7.89. The zero-order valence-electron chi connectivity index (χ0n) is 23.9. The molecule has 4 rings (SSSR count). The molecule has 0 fully saturated rings. The van der Waals surface area contributed by atoms with Crippen LogP contribution in [0.15, 0.2) is 71.6 Å². The van der Waals surface area contributed by atoms with E-state index in [9.17, 15) is 18.3 Å². The molecule has 0 saturated heterocycles. The van der Waals surface area contributed by atoms with E-state index in [1.807, 2.05) is 6.92 Å². The van der Waals surface area contributed by atoms with Crippen molar-refractivity contribution in [3.8, 4) is 5.75 Å². The molecule has 3 atom stereocenters. The molecular formula is C32H40N2O5S. The van der Waals surface area contributed by atoms with Gasteiger partial charge in [0.1, 0.15) is 17.5 Å². The molecule has 0 aliphatic carbocycles. The summed E-state index contributed by atoms with van der Waals surface area (Å²) in [4.78, 5) is 13.2. The van der Waals surface area contributed by atoms with Crippen molar-refractivity contribution in [1.29, 1.82) is 0 Å². The molecule has 0 saturated carbocycles. The third kappa shape index (κ3) is 6.57. The van der Waals surface area contributed by atoms with Crippen molar-refractivity contribution in [3.63, 3.8) is 0 Å². The number of aliphatic hydroxyl groups excluding tert-OH is 1. The first-order chi connectivity index (χ1) is 18.9. The number of benzene rings is 3. The van der Waals surface area contributed by atoms with Crippen molar-refractivity contribution >= 4 is 15.9 Å². The predicted molar refractivity (Wildman–Crippen MR) is 157 cm³/mol. The fourth-order valence-electron chi connectivity index (χ4n) is 5.20. The minimum Gasteiger partial charge on any atom is -0.485 e. The Morgan fingerprint density at radius 3 is 2.42 bits per heavy atom. The summed E-state index contributed by atoms with van der Waals surface area (Å²) in [6.07, 6.45) is 1.37. The van der Waals surface area contributed by atoms with E-state index in [2.05, 4.69) is 48.2 Å². The van der Waals surface area contributed by atoms with Gasteiger partial charge in [-0.2, -0.15) is 0 Å². The summed E-state index contributed by atoms with van der Waals surface area (Å²) < 4.78 is 35.3. The average molecular weight is 565 g/mol. The normalized spacial score (nSPS) is 18.9.